The van der Waals surface area contributed by atoms with E-state index in [2.05, 4.69) is 20.9 Å². The third-order valence-corrected chi connectivity index (χ3v) is 5.09. The van der Waals surface area contributed by atoms with Crippen molar-refractivity contribution in [1.82, 2.24) is 9.29 Å². The molecular formula is C13H13BrN2O3S. The molecule has 2 rings (SSSR count). The van der Waals surface area contributed by atoms with Gasteiger partial charge < -0.3 is 4.98 Å². The summed E-state index contributed by atoms with van der Waals surface area (Å²) in [5.41, 5.74) is 0.308. The van der Waals surface area contributed by atoms with Crippen molar-refractivity contribution in [3.8, 4) is 0 Å². The van der Waals surface area contributed by atoms with Crippen LogP contribution in [0.4, 0.5) is 0 Å². The van der Waals surface area contributed by atoms with Gasteiger partial charge in [0.1, 0.15) is 4.90 Å². The van der Waals surface area contributed by atoms with Crippen LogP contribution in [-0.2, 0) is 16.6 Å². The Morgan fingerprint density at radius 1 is 1.30 bits per heavy atom. The number of nitrogens with one attached hydrogen (secondary N) is 1. The molecule has 106 valence electrons. The minimum absolute atomic E-state index is 0.191. The van der Waals surface area contributed by atoms with Crippen molar-refractivity contribution >= 4 is 26.0 Å². The lowest BCUT2D eigenvalue weighted by Gasteiger charge is -2.16. The molecule has 0 atom stereocenters. The molecule has 1 aromatic heterocycles. The lowest BCUT2D eigenvalue weighted by Crippen LogP contribution is -2.30. The van der Waals surface area contributed by atoms with Gasteiger partial charge in [0.25, 0.3) is 0 Å². The minimum atomic E-state index is -3.81. The van der Waals surface area contributed by atoms with Gasteiger partial charge >= 0.3 is 0 Å². The predicted molar refractivity (Wildman–Crippen MR) is 79.9 cm³/mol. The number of halogens is 1. The van der Waals surface area contributed by atoms with Crippen LogP contribution >= 0.6 is 15.9 Å². The van der Waals surface area contributed by atoms with Gasteiger partial charge in [-0.05, 0) is 17.7 Å². The molecule has 0 aliphatic rings. The van der Waals surface area contributed by atoms with Gasteiger partial charge in [-0.15, -0.1) is 0 Å². The van der Waals surface area contributed by atoms with Gasteiger partial charge in [0, 0.05) is 36.5 Å². The molecule has 0 aliphatic carbocycles. The summed E-state index contributed by atoms with van der Waals surface area (Å²) in [5.74, 6) is 0. The Balaban J connectivity index is 2.31. The zero-order chi connectivity index (χ0) is 14.8. The highest BCUT2D eigenvalue weighted by atomic mass is 79.9. The Bertz CT molecular complexity index is 771. The molecule has 1 heterocycles. The molecular weight excluding hydrogens is 344 g/mol. The highest BCUT2D eigenvalue weighted by molar-refractivity contribution is 9.10. The van der Waals surface area contributed by atoms with E-state index < -0.39 is 15.5 Å². The second-order valence-corrected chi connectivity index (χ2v) is 7.19. The minimum Gasteiger partial charge on any atom is -0.366 e. The number of rotatable bonds is 4. The van der Waals surface area contributed by atoms with Crippen LogP contribution in [-0.4, -0.2) is 24.8 Å². The predicted octanol–water partition coefficient (Wildman–Crippen LogP) is 1.96. The highest BCUT2D eigenvalue weighted by Crippen LogP contribution is 2.16. The number of sulfonamides is 1. The normalized spacial score (nSPS) is 11.8. The van der Waals surface area contributed by atoms with Crippen molar-refractivity contribution in [2.24, 2.45) is 0 Å². The molecule has 0 saturated carbocycles. The van der Waals surface area contributed by atoms with Crippen molar-refractivity contribution in [1.29, 1.82) is 0 Å². The number of aromatic nitrogens is 1. The van der Waals surface area contributed by atoms with E-state index in [-0.39, 0.29) is 11.4 Å². The second-order valence-electron chi connectivity index (χ2n) is 4.26. The molecule has 2 aromatic rings. The Hall–Kier alpha value is -1.44. The number of hydrogen-bond acceptors (Lipinski definition) is 3. The lowest BCUT2D eigenvalue weighted by molar-refractivity contribution is 0.466. The van der Waals surface area contributed by atoms with E-state index >= 15 is 0 Å². The summed E-state index contributed by atoms with van der Waals surface area (Å²) >= 11 is 3.34. The van der Waals surface area contributed by atoms with Crippen LogP contribution in [0.15, 0.2) is 56.9 Å². The number of benzene rings is 1. The molecule has 1 N–H and O–H groups in total. The van der Waals surface area contributed by atoms with Gasteiger partial charge in [-0.1, -0.05) is 28.1 Å². The summed E-state index contributed by atoms with van der Waals surface area (Å²) in [6.45, 7) is 0.191. The highest BCUT2D eigenvalue weighted by Gasteiger charge is 2.23. The quantitative estimate of drug-likeness (QED) is 0.910. The van der Waals surface area contributed by atoms with Gasteiger partial charge in [-0.25, -0.2) is 8.42 Å². The lowest BCUT2D eigenvalue weighted by atomic mass is 10.2. The van der Waals surface area contributed by atoms with E-state index in [0.717, 1.165) is 14.3 Å². The van der Waals surface area contributed by atoms with Gasteiger partial charge in [-0.2, -0.15) is 4.31 Å². The Morgan fingerprint density at radius 3 is 2.70 bits per heavy atom. The molecule has 0 aliphatic heterocycles. The van der Waals surface area contributed by atoms with Crippen molar-refractivity contribution in [3.05, 3.63) is 63.0 Å². The topological polar surface area (TPSA) is 70.2 Å². The maximum atomic E-state index is 12.3. The molecule has 0 saturated heterocycles. The van der Waals surface area contributed by atoms with Gasteiger partial charge in [0.15, 0.2) is 0 Å². The molecule has 1 aromatic carbocycles. The second kappa shape index (κ2) is 5.90. The Kier molecular flexibility index (Phi) is 4.42. The third kappa shape index (κ3) is 3.17. The molecule has 0 spiro atoms. The first-order valence-corrected chi connectivity index (χ1v) is 8.02. The first-order chi connectivity index (χ1) is 9.41. The SMILES string of the molecule is CN(Cc1cccc(Br)c1)S(=O)(=O)c1c[nH]ccc1=O. The summed E-state index contributed by atoms with van der Waals surface area (Å²) < 4.78 is 26.7. The zero-order valence-electron chi connectivity index (χ0n) is 10.7. The molecule has 0 bridgehead atoms. The summed E-state index contributed by atoms with van der Waals surface area (Å²) in [7, 11) is -2.36. The monoisotopic (exact) mass is 356 g/mol. The zero-order valence-corrected chi connectivity index (χ0v) is 13.1. The maximum Gasteiger partial charge on any atom is 0.248 e. The van der Waals surface area contributed by atoms with E-state index in [9.17, 15) is 13.2 Å². The van der Waals surface area contributed by atoms with Crippen LogP contribution in [0.25, 0.3) is 0 Å². The fourth-order valence-corrected chi connectivity index (χ4v) is 3.39. The average molecular weight is 357 g/mol. The van der Waals surface area contributed by atoms with Crippen molar-refractivity contribution in [2.75, 3.05) is 7.05 Å². The molecule has 20 heavy (non-hydrogen) atoms. The van der Waals surface area contributed by atoms with E-state index in [1.165, 1.54) is 25.5 Å². The van der Waals surface area contributed by atoms with Crippen LogP contribution in [0.2, 0.25) is 0 Å². The van der Waals surface area contributed by atoms with Gasteiger partial charge in [0.2, 0.25) is 15.5 Å². The fraction of sp³-hybridized carbons (Fsp3) is 0.154. The Morgan fingerprint density at radius 2 is 2.05 bits per heavy atom. The maximum absolute atomic E-state index is 12.3. The van der Waals surface area contributed by atoms with Gasteiger partial charge in [0.05, 0.1) is 0 Å². The van der Waals surface area contributed by atoms with Gasteiger partial charge in [-0.3, -0.25) is 4.79 Å². The summed E-state index contributed by atoms with van der Waals surface area (Å²) in [6.07, 6.45) is 2.60. The number of pyridine rings is 1. The number of aromatic amines is 1. The number of nitrogens with zero attached hydrogens (tertiary/aromatic N) is 1. The average Bonchev–Trinajstić information content (AvgIpc) is 2.39. The summed E-state index contributed by atoms with van der Waals surface area (Å²) in [6, 6.07) is 8.54. The molecule has 7 heteroatoms. The van der Waals surface area contributed by atoms with E-state index in [1.807, 2.05) is 24.3 Å². The number of H-pyrrole nitrogens is 1. The largest absolute Gasteiger partial charge is 0.366 e. The standard InChI is InChI=1S/C13H13BrN2O3S/c1-16(9-10-3-2-4-11(14)7-10)20(18,19)13-8-15-6-5-12(13)17/h2-8H,9H2,1H3,(H,15,17). The molecule has 0 unspecified atom stereocenters. The van der Waals surface area contributed by atoms with E-state index in [4.69, 9.17) is 0 Å². The van der Waals surface area contributed by atoms with E-state index in [0.29, 0.717) is 0 Å². The van der Waals surface area contributed by atoms with Crippen molar-refractivity contribution < 1.29 is 8.42 Å². The van der Waals surface area contributed by atoms with Crippen LogP contribution < -0.4 is 5.43 Å². The van der Waals surface area contributed by atoms with Crippen LogP contribution in [0.5, 0.6) is 0 Å². The summed E-state index contributed by atoms with van der Waals surface area (Å²) in [4.78, 5) is 14.0. The third-order valence-electron chi connectivity index (χ3n) is 2.77. The first-order valence-electron chi connectivity index (χ1n) is 5.79. The van der Waals surface area contributed by atoms with Crippen LogP contribution in [0, 0.1) is 0 Å². The smallest absolute Gasteiger partial charge is 0.248 e. The Labute approximate surface area is 125 Å². The first kappa shape index (κ1) is 15.0. The van der Waals surface area contributed by atoms with Crippen molar-refractivity contribution in [3.63, 3.8) is 0 Å². The molecule has 0 fully saturated rings. The summed E-state index contributed by atoms with van der Waals surface area (Å²) in [5, 5.41) is 0. The molecule has 5 nitrogen and oxygen atoms in total. The number of hydrogen-bond donors (Lipinski definition) is 1. The molecule has 0 amide bonds. The molecule has 0 radical (unpaired) electrons. The van der Waals surface area contributed by atoms with Crippen LogP contribution in [0.1, 0.15) is 5.56 Å². The van der Waals surface area contributed by atoms with Crippen molar-refractivity contribution in [2.45, 2.75) is 11.4 Å². The van der Waals surface area contributed by atoms with E-state index in [1.54, 1.807) is 0 Å². The van der Waals surface area contributed by atoms with Crippen LogP contribution in [0.3, 0.4) is 0 Å². The fourth-order valence-electron chi connectivity index (χ4n) is 1.75.